The van der Waals surface area contributed by atoms with Gasteiger partial charge in [0.05, 0.1) is 16.5 Å². The third kappa shape index (κ3) is 4.33. The Labute approximate surface area is 151 Å². The fourth-order valence-corrected chi connectivity index (χ4v) is 2.53. The van der Waals surface area contributed by atoms with Gasteiger partial charge in [-0.3, -0.25) is 9.78 Å². The number of nitrogen functional groups attached to an aromatic ring is 1. The smallest absolute Gasteiger partial charge is 0.398 e. The summed E-state index contributed by atoms with van der Waals surface area (Å²) in [4.78, 5) is 35.0. The highest BCUT2D eigenvalue weighted by molar-refractivity contribution is 9.10. The van der Waals surface area contributed by atoms with Crippen molar-refractivity contribution >= 4 is 54.4 Å². The number of rotatable bonds is 1. The van der Waals surface area contributed by atoms with Crippen molar-refractivity contribution in [2.24, 2.45) is 5.73 Å². The first-order chi connectivity index (χ1) is 11.3. The van der Waals surface area contributed by atoms with E-state index >= 15 is 0 Å². The summed E-state index contributed by atoms with van der Waals surface area (Å²) in [6.45, 7) is 0. The van der Waals surface area contributed by atoms with Gasteiger partial charge in [-0.15, -0.1) is 0 Å². The van der Waals surface area contributed by atoms with E-state index in [9.17, 15) is 14.4 Å². The van der Waals surface area contributed by atoms with Gasteiger partial charge in [0.1, 0.15) is 0 Å². The highest BCUT2D eigenvalue weighted by atomic mass is 79.9. The van der Waals surface area contributed by atoms with Crippen molar-refractivity contribution in [2.75, 3.05) is 5.73 Å². The molecule has 0 fully saturated rings. The first kappa shape index (κ1) is 18.0. The van der Waals surface area contributed by atoms with Crippen LogP contribution in [0.25, 0.3) is 10.9 Å². The fourth-order valence-electron chi connectivity index (χ4n) is 1.81. The van der Waals surface area contributed by atoms with Gasteiger partial charge in [-0.05, 0) is 36.4 Å². The summed E-state index contributed by atoms with van der Waals surface area (Å²) in [5.74, 6) is -1.25. The number of aromatic amines is 1. The first-order valence-corrected chi connectivity index (χ1v) is 8.04. The van der Waals surface area contributed by atoms with Crippen LogP contribution in [-0.4, -0.2) is 10.9 Å². The lowest BCUT2D eigenvalue weighted by atomic mass is 10.2. The lowest BCUT2D eigenvalue weighted by molar-refractivity contribution is 0.100. The van der Waals surface area contributed by atoms with E-state index in [1.807, 2.05) is 0 Å². The van der Waals surface area contributed by atoms with Crippen LogP contribution in [0.4, 0.5) is 5.69 Å². The summed E-state index contributed by atoms with van der Waals surface area (Å²) in [6, 6.07) is 9.94. The van der Waals surface area contributed by atoms with E-state index in [0.717, 1.165) is 8.95 Å². The van der Waals surface area contributed by atoms with Crippen molar-refractivity contribution in [3.63, 3.8) is 0 Å². The number of aromatic nitrogens is 1. The molecule has 3 rings (SSSR count). The normalized spacial score (nSPS) is 10.1. The topological polar surface area (TPSA) is 132 Å². The monoisotopic (exact) mass is 455 g/mol. The third-order valence-electron chi connectivity index (χ3n) is 2.90. The summed E-state index contributed by atoms with van der Waals surface area (Å²) in [5, 5.41) is 0.356. The molecule has 0 saturated heterocycles. The largest absolute Gasteiger partial charge is 0.419 e. The van der Waals surface area contributed by atoms with E-state index in [0.29, 0.717) is 22.2 Å². The van der Waals surface area contributed by atoms with Crippen LogP contribution in [0, 0.1) is 0 Å². The van der Waals surface area contributed by atoms with Crippen LogP contribution in [-0.2, 0) is 0 Å². The van der Waals surface area contributed by atoms with Gasteiger partial charge in [-0.2, -0.15) is 0 Å². The van der Waals surface area contributed by atoms with Crippen LogP contribution in [0.15, 0.2) is 59.3 Å². The van der Waals surface area contributed by atoms with E-state index in [4.69, 9.17) is 11.5 Å². The lowest BCUT2D eigenvalue weighted by Gasteiger charge is -2.00. The van der Waals surface area contributed by atoms with Crippen molar-refractivity contribution in [3.05, 3.63) is 71.9 Å². The minimum absolute atomic E-state index is 0.347. The molecule has 0 atom stereocenters. The molecule has 9 heteroatoms. The molecule has 0 aliphatic carbocycles. The molecule has 124 valence electrons. The van der Waals surface area contributed by atoms with Crippen LogP contribution in [0.5, 0.6) is 0 Å². The maximum atomic E-state index is 11.1. The second kappa shape index (κ2) is 7.45. The molecule has 7 nitrogen and oxygen atoms in total. The van der Waals surface area contributed by atoms with Gasteiger partial charge in [0.25, 0.3) is 5.91 Å². The molecule has 0 aliphatic heterocycles. The first-order valence-electron chi connectivity index (χ1n) is 6.45. The second-order valence-electron chi connectivity index (χ2n) is 4.59. The number of H-pyrrole nitrogens is 1. The van der Waals surface area contributed by atoms with Gasteiger partial charge in [-0.1, -0.05) is 31.9 Å². The molecular weight excluding hydrogens is 446 g/mol. The van der Waals surface area contributed by atoms with Gasteiger partial charge in [0.2, 0.25) is 0 Å². The fraction of sp³-hybridized carbons (Fsp3) is 0. The Morgan fingerprint density at radius 3 is 2.29 bits per heavy atom. The molecule has 0 bridgehead atoms. The number of fused-ring (bicyclic) bond motifs is 1. The summed E-state index contributed by atoms with van der Waals surface area (Å²) in [7, 11) is 0. The SMILES string of the molecule is NC(=O)c1cc(Br)ccc1N.O=c1[nH]c2ccc(Br)cc2c(=O)o1. The Bertz CT molecular complexity index is 1030. The number of halogens is 2. The molecule has 1 aromatic heterocycles. The van der Waals surface area contributed by atoms with Crippen molar-refractivity contribution in [1.82, 2.24) is 4.98 Å². The van der Waals surface area contributed by atoms with Gasteiger partial charge in [0, 0.05) is 14.6 Å². The highest BCUT2D eigenvalue weighted by Crippen LogP contribution is 2.17. The molecular formula is C15H11Br2N3O4. The molecule has 2 aromatic carbocycles. The van der Waals surface area contributed by atoms with E-state index in [1.165, 1.54) is 0 Å². The van der Waals surface area contributed by atoms with E-state index in [-0.39, 0.29) is 0 Å². The lowest BCUT2D eigenvalue weighted by Crippen LogP contribution is -2.14. The van der Waals surface area contributed by atoms with Crippen LogP contribution >= 0.6 is 31.9 Å². The summed E-state index contributed by atoms with van der Waals surface area (Å²) in [6.07, 6.45) is 0. The van der Waals surface area contributed by atoms with Crippen molar-refractivity contribution in [1.29, 1.82) is 0 Å². The Balaban J connectivity index is 0.000000177. The Morgan fingerprint density at radius 2 is 1.67 bits per heavy atom. The van der Waals surface area contributed by atoms with Crippen LogP contribution in [0.1, 0.15) is 10.4 Å². The van der Waals surface area contributed by atoms with Gasteiger partial charge in [0.15, 0.2) is 0 Å². The highest BCUT2D eigenvalue weighted by Gasteiger charge is 2.04. The average Bonchev–Trinajstić information content (AvgIpc) is 2.51. The minimum atomic E-state index is -0.736. The number of carbonyl (C=O) groups is 1. The predicted molar refractivity (Wildman–Crippen MR) is 97.9 cm³/mol. The molecule has 0 radical (unpaired) electrons. The molecule has 0 spiro atoms. The maximum Gasteiger partial charge on any atom is 0.419 e. The van der Waals surface area contributed by atoms with Gasteiger partial charge >= 0.3 is 11.4 Å². The number of hydrogen-bond donors (Lipinski definition) is 3. The molecule has 0 unspecified atom stereocenters. The zero-order chi connectivity index (χ0) is 17.9. The summed E-state index contributed by atoms with van der Waals surface area (Å²) in [5.41, 5.74) is 11.1. The zero-order valence-electron chi connectivity index (χ0n) is 12.0. The molecule has 0 saturated carbocycles. The van der Waals surface area contributed by atoms with Gasteiger partial charge in [-0.25, -0.2) is 9.59 Å². The maximum absolute atomic E-state index is 11.1. The summed E-state index contributed by atoms with van der Waals surface area (Å²) >= 11 is 6.41. The van der Waals surface area contributed by atoms with Gasteiger partial charge < -0.3 is 15.9 Å². The summed E-state index contributed by atoms with van der Waals surface area (Å²) < 4.78 is 5.91. The number of hydrogen-bond acceptors (Lipinski definition) is 5. The number of nitrogens with two attached hydrogens (primary N) is 2. The van der Waals surface area contributed by atoms with Crippen molar-refractivity contribution in [2.45, 2.75) is 0 Å². The number of nitrogens with one attached hydrogen (secondary N) is 1. The Kier molecular flexibility index (Phi) is 5.58. The molecule has 3 aromatic rings. The molecule has 1 heterocycles. The molecule has 0 aliphatic rings. The van der Waals surface area contributed by atoms with Crippen molar-refractivity contribution < 1.29 is 9.21 Å². The zero-order valence-corrected chi connectivity index (χ0v) is 15.2. The van der Waals surface area contributed by atoms with E-state index in [1.54, 1.807) is 36.4 Å². The van der Waals surface area contributed by atoms with Crippen LogP contribution < -0.4 is 22.8 Å². The standard InChI is InChI=1S/C8H4BrNO3.C7H7BrN2O/c9-4-1-2-6-5(3-4)7(11)13-8(12)10-6;8-4-1-2-6(9)5(3-4)7(10)11/h1-3H,(H,10,12);1-3H,9H2,(H2,10,11). The number of carbonyl (C=O) groups excluding carboxylic acids is 1. The Morgan fingerprint density at radius 1 is 1.04 bits per heavy atom. The molecule has 1 amide bonds. The van der Waals surface area contributed by atoms with Crippen molar-refractivity contribution in [3.8, 4) is 0 Å². The average molecular weight is 457 g/mol. The molecule has 24 heavy (non-hydrogen) atoms. The predicted octanol–water partition coefficient (Wildman–Crippen LogP) is 2.37. The number of benzene rings is 2. The Hall–Kier alpha value is -2.39. The second-order valence-corrected chi connectivity index (χ2v) is 6.42. The quantitative estimate of drug-likeness (QED) is 0.483. The number of anilines is 1. The van der Waals surface area contributed by atoms with E-state index < -0.39 is 17.3 Å². The van der Waals surface area contributed by atoms with Crippen LogP contribution in [0.3, 0.4) is 0 Å². The number of primary amides is 1. The minimum Gasteiger partial charge on any atom is -0.398 e. The van der Waals surface area contributed by atoms with Crippen LogP contribution in [0.2, 0.25) is 0 Å². The molecule has 5 N–H and O–H groups in total. The van der Waals surface area contributed by atoms with E-state index in [2.05, 4.69) is 41.3 Å². The third-order valence-corrected chi connectivity index (χ3v) is 3.89. The number of amides is 1.